The van der Waals surface area contributed by atoms with Crippen LogP contribution < -0.4 is 14.8 Å². The van der Waals surface area contributed by atoms with Crippen molar-refractivity contribution in [1.29, 1.82) is 0 Å². The van der Waals surface area contributed by atoms with Crippen LogP contribution in [0.2, 0.25) is 0 Å². The van der Waals surface area contributed by atoms with Crippen molar-refractivity contribution in [2.45, 2.75) is 26.0 Å². The fraction of sp³-hybridized carbons (Fsp3) is 0.231. The van der Waals surface area contributed by atoms with Crippen LogP contribution in [0.25, 0.3) is 0 Å². The zero-order valence-electron chi connectivity index (χ0n) is 19.8. The molecule has 186 valence electrons. The van der Waals surface area contributed by atoms with E-state index in [1.807, 2.05) is 6.92 Å². The zero-order valence-corrected chi connectivity index (χ0v) is 19.8. The number of methoxy groups -OCH3 is 1. The molecule has 1 unspecified atom stereocenters. The smallest absolute Gasteiger partial charge is 0.431 e. The number of anilines is 1. The van der Waals surface area contributed by atoms with Crippen molar-refractivity contribution in [2.24, 2.45) is 5.10 Å². The first-order valence-electron chi connectivity index (χ1n) is 11.3. The summed E-state index contributed by atoms with van der Waals surface area (Å²) in [4.78, 5) is 29.0. The van der Waals surface area contributed by atoms with E-state index in [1.165, 1.54) is 12.1 Å². The number of hydrogen-bond donors (Lipinski definition) is 1. The van der Waals surface area contributed by atoms with Crippen molar-refractivity contribution < 1.29 is 28.2 Å². The summed E-state index contributed by atoms with van der Waals surface area (Å²) in [5.41, 5.74) is 2.89. The van der Waals surface area contributed by atoms with Crippen molar-refractivity contribution in [1.82, 2.24) is 9.99 Å². The van der Waals surface area contributed by atoms with Gasteiger partial charge in [0.05, 0.1) is 13.7 Å². The first-order valence-corrected chi connectivity index (χ1v) is 11.3. The van der Waals surface area contributed by atoms with Gasteiger partial charge in [0.1, 0.15) is 17.5 Å². The van der Waals surface area contributed by atoms with Crippen molar-refractivity contribution in [3.63, 3.8) is 0 Å². The third-order valence-electron chi connectivity index (χ3n) is 5.47. The average Bonchev–Trinajstić information content (AvgIpc) is 2.91. The summed E-state index contributed by atoms with van der Waals surface area (Å²) in [7, 11) is 1.46. The number of halogens is 1. The Morgan fingerprint density at radius 2 is 1.94 bits per heavy atom. The number of rotatable bonds is 9. The standard InChI is InChI=1S/C26H25FN4O5/c1-3-21-24(18-9-12-22(35-16-27)23(14-18)34-2)30-31(26(33)36-21)15-17-7-10-19(11-8-17)29-25(32)20-6-4-5-13-28-20/h4-14,21H,3,15-16H2,1-2H3,(H,29,32). The van der Waals surface area contributed by atoms with Gasteiger partial charge in [-0.15, -0.1) is 0 Å². The van der Waals surface area contributed by atoms with Gasteiger partial charge in [0, 0.05) is 17.4 Å². The highest BCUT2D eigenvalue weighted by molar-refractivity contribution is 6.06. The Morgan fingerprint density at radius 3 is 2.61 bits per heavy atom. The average molecular weight is 493 g/mol. The predicted molar refractivity (Wildman–Crippen MR) is 131 cm³/mol. The normalized spacial score (nSPS) is 15.1. The second kappa shape index (κ2) is 11.3. The number of alkyl halides is 1. The lowest BCUT2D eigenvalue weighted by atomic mass is 10.0. The van der Waals surface area contributed by atoms with Crippen LogP contribution in [0.4, 0.5) is 14.9 Å². The van der Waals surface area contributed by atoms with Gasteiger partial charge in [-0.2, -0.15) is 10.1 Å². The Morgan fingerprint density at radius 1 is 1.14 bits per heavy atom. The molecular weight excluding hydrogens is 467 g/mol. The summed E-state index contributed by atoms with van der Waals surface area (Å²) in [6.45, 7) is 1.07. The predicted octanol–water partition coefficient (Wildman–Crippen LogP) is 4.78. The summed E-state index contributed by atoms with van der Waals surface area (Å²) >= 11 is 0. The largest absolute Gasteiger partial charge is 0.493 e. The molecule has 2 aromatic carbocycles. The van der Waals surface area contributed by atoms with Gasteiger partial charge in [0.25, 0.3) is 5.91 Å². The SMILES string of the molecule is CCC1OC(=O)N(Cc2ccc(NC(=O)c3ccccn3)cc2)N=C1c1ccc(OCF)c(OC)c1. The molecule has 0 radical (unpaired) electrons. The number of ether oxygens (including phenoxy) is 3. The lowest BCUT2D eigenvalue weighted by molar-refractivity contribution is 0.0712. The molecule has 0 fully saturated rings. The van der Waals surface area contributed by atoms with E-state index in [0.717, 1.165) is 5.56 Å². The first-order chi connectivity index (χ1) is 17.5. The van der Waals surface area contributed by atoms with Crippen LogP contribution in [0, 0.1) is 0 Å². The maximum absolute atomic E-state index is 12.6. The number of carbonyl (C=O) groups is 2. The number of nitrogens with one attached hydrogen (secondary N) is 1. The third kappa shape index (κ3) is 5.60. The molecule has 1 aliphatic heterocycles. The van der Waals surface area contributed by atoms with Gasteiger partial charge in [-0.1, -0.05) is 25.1 Å². The number of amides is 2. The number of hydrogen-bond acceptors (Lipinski definition) is 7. The molecule has 1 aromatic heterocycles. The number of hydrazone groups is 1. The monoisotopic (exact) mass is 492 g/mol. The molecule has 2 heterocycles. The molecule has 0 bridgehead atoms. The summed E-state index contributed by atoms with van der Waals surface area (Å²) in [5.74, 6) is 0.285. The van der Waals surface area contributed by atoms with Crippen LogP contribution in [0.5, 0.6) is 11.5 Å². The number of cyclic esters (lactones) is 1. The number of carbonyl (C=O) groups excluding carboxylic acids is 2. The Kier molecular flexibility index (Phi) is 7.74. The lowest BCUT2D eigenvalue weighted by Crippen LogP contribution is -2.41. The van der Waals surface area contributed by atoms with Crippen LogP contribution in [-0.4, -0.2) is 47.8 Å². The van der Waals surface area contributed by atoms with E-state index in [4.69, 9.17) is 14.2 Å². The quantitative estimate of drug-likeness (QED) is 0.461. The van der Waals surface area contributed by atoms with Crippen LogP contribution in [0.1, 0.15) is 35.0 Å². The minimum Gasteiger partial charge on any atom is -0.493 e. The van der Waals surface area contributed by atoms with Crippen LogP contribution in [0.15, 0.2) is 72.0 Å². The van der Waals surface area contributed by atoms with Gasteiger partial charge in [0.15, 0.2) is 11.5 Å². The Labute approximate surface area is 207 Å². The Balaban J connectivity index is 1.52. The molecule has 0 spiro atoms. The highest BCUT2D eigenvalue weighted by Gasteiger charge is 2.31. The Bertz CT molecular complexity index is 1250. The minimum absolute atomic E-state index is 0.160. The summed E-state index contributed by atoms with van der Waals surface area (Å²) in [6, 6.07) is 17.1. The topological polar surface area (TPSA) is 102 Å². The molecule has 1 atom stereocenters. The van der Waals surface area contributed by atoms with Crippen LogP contribution >= 0.6 is 0 Å². The van der Waals surface area contributed by atoms with E-state index in [9.17, 15) is 14.0 Å². The molecule has 1 aliphatic rings. The van der Waals surface area contributed by atoms with E-state index in [0.29, 0.717) is 34.8 Å². The zero-order chi connectivity index (χ0) is 25.5. The van der Waals surface area contributed by atoms with Gasteiger partial charge in [-0.3, -0.25) is 9.78 Å². The molecule has 4 rings (SSSR count). The molecule has 0 saturated heterocycles. The summed E-state index contributed by atoms with van der Waals surface area (Å²) in [6.07, 6.45) is 0.961. The summed E-state index contributed by atoms with van der Waals surface area (Å²) < 4.78 is 28.5. The van der Waals surface area contributed by atoms with E-state index in [1.54, 1.807) is 66.9 Å². The van der Waals surface area contributed by atoms with Crippen molar-refractivity contribution in [3.8, 4) is 11.5 Å². The highest BCUT2D eigenvalue weighted by Crippen LogP contribution is 2.30. The number of pyridine rings is 1. The van der Waals surface area contributed by atoms with Crippen LogP contribution in [0.3, 0.4) is 0 Å². The maximum atomic E-state index is 12.6. The van der Waals surface area contributed by atoms with Gasteiger partial charge >= 0.3 is 6.09 Å². The molecular formula is C26H25FN4O5. The number of aromatic nitrogens is 1. The Hall–Kier alpha value is -4.47. The lowest BCUT2D eigenvalue weighted by Gasteiger charge is -2.29. The van der Waals surface area contributed by atoms with Crippen LogP contribution in [-0.2, 0) is 11.3 Å². The van der Waals surface area contributed by atoms with Gasteiger partial charge in [-0.05, 0) is 54.4 Å². The molecule has 1 N–H and O–H groups in total. The van der Waals surface area contributed by atoms with Crippen molar-refractivity contribution in [3.05, 3.63) is 83.7 Å². The van der Waals surface area contributed by atoms with E-state index < -0.39 is 19.1 Å². The molecule has 2 amide bonds. The van der Waals surface area contributed by atoms with E-state index in [2.05, 4.69) is 15.4 Å². The molecule has 36 heavy (non-hydrogen) atoms. The second-order valence-electron chi connectivity index (χ2n) is 7.81. The van der Waals surface area contributed by atoms with Gasteiger partial charge in [-0.25, -0.2) is 9.18 Å². The molecule has 10 heteroatoms. The summed E-state index contributed by atoms with van der Waals surface area (Å²) in [5, 5.41) is 8.59. The fourth-order valence-electron chi connectivity index (χ4n) is 3.66. The molecule has 9 nitrogen and oxygen atoms in total. The van der Waals surface area contributed by atoms with Crippen molar-refractivity contribution in [2.75, 3.05) is 19.3 Å². The fourth-order valence-corrected chi connectivity index (χ4v) is 3.66. The van der Waals surface area contributed by atoms with Gasteiger partial charge < -0.3 is 19.5 Å². The minimum atomic E-state index is -0.981. The number of benzene rings is 2. The van der Waals surface area contributed by atoms with E-state index >= 15 is 0 Å². The molecule has 3 aromatic rings. The number of nitrogens with zero attached hydrogens (tertiary/aromatic N) is 3. The second-order valence-corrected chi connectivity index (χ2v) is 7.81. The third-order valence-corrected chi connectivity index (χ3v) is 5.47. The molecule has 0 saturated carbocycles. The molecule has 0 aliphatic carbocycles. The van der Waals surface area contributed by atoms with E-state index in [-0.39, 0.29) is 18.2 Å². The van der Waals surface area contributed by atoms with Crippen molar-refractivity contribution >= 4 is 23.4 Å². The van der Waals surface area contributed by atoms with Gasteiger partial charge in [0.2, 0.25) is 6.86 Å². The first kappa shape index (κ1) is 24.6. The highest BCUT2D eigenvalue weighted by atomic mass is 19.1. The maximum Gasteiger partial charge on any atom is 0.431 e.